The molecule has 0 amide bonds. The van der Waals surface area contributed by atoms with Crippen LogP contribution in [-0.2, 0) is 24.1 Å². The number of nitrogens with zero attached hydrogens (tertiary/aromatic N) is 2. The largest absolute Gasteiger partial charge is 0.370 e. The molecule has 1 unspecified atom stereocenters. The van der Waals surface area contributed by atoms with Gasteiger partial charge < -0.3 is 10.2 Å². The van der Waals surface area contributed by atoms with Crippen LogP contribution in [-0.4, -0.2) is 41.3 Å². The Morgan fingerprint density at radius 3 is 2.72 bits per heavy atom. The lowest BCUT2D eigenvalue weighted by Crippen LogP contribution is -2.34. The number of Topliss-reactive ketones (excluding diaryl/α,β-unsaturated/α-hetero) is 1. The lowest BCUT2D eigenvalue weighted by molar-refractivity contribution is -0.119. The molecule has 0 bridgehead atoms. The van der Waals surface area contributed by atoms with Gasteiger partial charge in [-0.05, 0) is 67.7 Å². The smallest absolute Gasteiger partial charge is 0.269 e. The van der Waals surface area contributed by atoms with Crippen molar-refractivity contribution in [1.82, 2.24) is 9.97 Å². The number of hydrogen-bond donors (Lipinski definition) is 2. The van der Waals surface area contributed by atoms with Crippen LogP contribution in [0.25, 0.3) is 0 Å². The van der Waals surface area contributed by atoms with Crippen LogP contribution in [0.15, 0.2) is 35.1 Å². The first kappa shape index (κ1) is 26.0. The zero-order valence-corrected chi connectivity index (χ0v) is 20.6. The number of alkyl halides is 2. The number of anilines is 2. The normalized spacial score (nSPS) is 19.4. The van der Waals surface area contributed by atoms with Gasteiger partial charge in [0.1, 0.15) is 17.4 Å². The molecule has 2 aromatic rings. The average Bonchev–Trinajstić information content (AvgIpc) is 2.82. The van der Waals surface area contributed by atoms with Gasteiger partial charge in [-0.25, -0.2) is 13.2 Å². The van der Waals surface area contributed by atoms with Gasteiger partial charge in [-0.1, -0.05) is 18.7 Å². The highest BCUT2D eigenvalue weighted by Gasteiger charge is 2.34. The van der Waals surface area contributed by atoms with Crippen molar-refractivity contribution in [3.63, 3.8) is 0 Å². The summed E-state index contributed by atoms with van der Waals surface area (Å²) in [5.41, 5.74) is 1.32. The van der Waals surface area contributed by atoms with Gasteiger partial charge in [0.25, 0.3) is 11.5 Å². The number of aromatic amines is 1. The molecule has 9 heteroatoms. The molecule has 2 aliphatic heterocycles. The zero-order valence-electron chi connectivity index (χ0n) is 20.6. The van der Waals surface area contributed by atoms with E-state index in [1.807, 2.05) is 0 Å². The minimum Gasteiger partial charge on any atom is -0.370 e. The molecule has 0 radical (unpaired) electrons. The molecule has 36 heavy (non-hydrogen) atoms. The molecule has 0 spiro atoms. The Morgan fingerprint density at radius 1 is 1.17 bits per heavy atom. The predicted molar refractivity (Wildman–Crippen MR) is 134 cm³/mol. The Labute approximate surface area is 209 Å². The van der Waals surface area contributed by atoms with E-state index in [1.54, 1.807) is 17.0 Å². The third-order valence-corrected chi connectivity index (χ3v) is 7.22. The summed E-state index contributed by atoms with van der Waals surface area (Å²) >= 11 is 0. The van der Waals surface area contributed by atoms with E-state index in [0.717, 1.165) is 13.0 Å². The number of ketones is 1. The molecule has 6 nitrogen and oxygen atoms in total. The fourth-order valence-corrected chi connectivity index (χ4v) is 5.00. The quantitative estimate of drug-likeness (QED) is 0.586. The van der Waals surface area contributed by atoms with Crippen LogP contribution in [0.1, 0.15) is 55.7 Å². The number of rotatable bonds is 4. The van der Waals surface area contributed by atoms with Gasteiger partial charge in [-0.2, -0.15) is 4.98 Å². The van der Waals surface area contributed by atoms with Crippen molar-refractivity contribution in [2.75, 3.05) is 29.9 Å². The monoisotopic (exact) mass is 502 g/mol. The van der Waals surface area contributed by atoms with Crippen LogP contribution in [0.3, 0.4) is 0 Å². The van der Waals surface area contributed by atoms with Crippen molar-refractivity contribution >= 4 is 17.5 Å². The number of benzene rings is 1. The highest BCUT2D eigenvalue weighted by Crippen LogP contribution is 2.34. The van der Waals surface area contributed by atoms with Crippen molar-refractivity contribution < 1.29 is 18.0 Å². The molecular weight excluding hydrogens is 469 g/mol. The van der Waals surface area contributed by atoms with Gasteiger partial charge in [0, 0.05) is 38.9 Å². The molecule has 2 aliphatic rings. The minimum absolute atomic E-state index is 0.0397. The van der Waals surface area contributed by atoms with Gasteiger partial charge in [-0.3, -0.25) is 14.6 Å². The number of allylic oxidation sites excluding steroid dienone is 1. The number of fused-ring (bicyclic) bond motifs is 2. The van der Waals surface area contributed by atoms with E-state index in [4.69, 9.17) is 0 Å². The van der Waals surface area contributed by atoms with E-state index >= 15 is 0 Å². The fraction of sp³-hybridized carbons (Fsp3) is 0.519. The maximum atomic E-state index is 15.0. The number of aromatic nitrogens is 2. The van der Waals surface area contributed by atoms with E-state index < -0.39 is 18.3 Å². The SMILES string of the molecule is C=C(C)C(F)(F)CC1CCC(=O)CCN(c2nc3c(c(=O)[nH]2)CCCN3)CCc2c(F)cccc2C1. The number of carbonyl (C=O) groups excluding carboxylic acids is 1. The van der Waals surface area contributed by atoms with E-state index in [1.165, 1.54) is 13.0 Å². The summed E-state index contributed by atoms with van der Waals surface area (Å²) < 4.78 is 44.0. The molecular formula is C27H33F3N4O2. The van der Waals surface area contributed by atoms with Crippen LogP contribution in [0.5, 0.6) is 0 Å². The lowest BCUT2D eigenvalue weighted by atomic mass is 9.85. The Bertz CT molecular complexity index is 1190. The first-order valence-electron chi connectivity index (χ1n) is 12.6. The molecule has 0 saturated carbocycles. The predicted octanol–water partition coefficient (Wildman–Crippen LogP) is 4.83. The molecule has 0 aliphatic carbocycles. The van der Waals surface area contributed by atoms with Gasteiger partial charge in [0.2, 0.25) is 5.95 Å². The van der Waals surface area contributed by atoms with Crippen molar-refractivity contribution in [3.05, 3.63) is 63.2 Å². The lowest BCUT2D eigenvalue weighted by Gasteiger charge is -2.28. The topological polar surface area (TPSA) is 78.1 Å². The molecule has 1 aromatic heterocycles. The summed E-state index contributed by atoms with van der Waals surface area (Å²) in [5, 5.41) is 3.16. The molecule has 2 N–H and O–H groups in total. The highest BCUT2D eigenvalue weighted by molar-refractivity contribution is 5.78. The third kappa shape index (κ3) is 5.99. The summed E-state index contributed by atoms with van der Waals surface area (Å²) in [5.74, 6) is -3.07. The third-order valence-electron chi connectivity index (χ3n) is 7.22. The summed E-state index contributed by atoms with van der Waals surface area (Å²) in [7, 11) is 0. The van der Waals surface area contributed by atoms with Crippen LogP contribution in [0.4, 0.5) is 24.9 Å². The Balaban J connectivity index is 1.64. The van der Waals surface area contributed by atoms with Crippen LogP contribution >= 0.6 is 0 Å². The minimum atomic E-state index is -3.05. The van der Waals surface area contributed by atoms with Crippen LogP contribution in [0.2, 0.25) is 0 Å². The molecule has 3 heterocycles. The molecule has 0 fully saturated rings. The van der Waals surface area contributed by atoms with Crippen molar-refractivity contribution in [2.24, 2.45) is 5.92 Å². The molecule has 0 saturated heterocycles. The summed E-state index contributed by atoms with van der Waals surface area (Å²) in [4.78, 5) is 34.6. The summed E-state index contributed by atoms with van der Waals surface area (Å²) in [6.07, 6.45) is 2.24. The van der Waals surface area contributed by atoms with Gasteiger partial charge >= 0.3 is 0 Å². The molecule has 194 valence electrons. The zero-order chi connectivity index (χ0) is 25.9. The second-order valence-electron chi connectivity index (χ2n) is 9.95. The average molecular weight is 503 g/mol. The van der Waals surface area contributed by atoms with E-state index in [2.05, 4.69) is 21.9 Å². The Morgan fingerprint density at radius 2 is 1.94 bits per heavy atom. The maximum Gasteiger partial charge on any atom is 0.269 e. The second kappa shape index (κ2) is 10.9. The Hall–Kier alpha value is -3.10. The number of carbonyl (C=O) groups is 1. The standard InChI is InChI=1S/C27H33F3N4O2/c1-17(2)27(29,30)16-18-8-9-20(35)10-13-34(14-11-21-19(15-18)5-3-7-23(21)28)26-32-24-22(25(36)33-26)6-4-12-31-24/h3,5,7,18H,1,4,6,8-16H2,2H3,(H2,31,32,33,36). The highest BCUT2D eigenvalue weighted by atomic mass is 19.3. The van der Waals surface area contributed by atoms with Crippen LogP contribution < -0.4 is 15.8 Å². The number of halogens is 3. The fourth-order valence-electron chi connectivity index (χ4n) is 5.00. The molecule has 1 atom stereocenters. The first-order chi connectivity index (χ1) is 17.1. The number of hydrogen-bond acceptors (Lipinski definition) is 5. The van der Waals surface area contributed by atoms with E-state index in [0.29, 0.717) is 41.4 Å². The van der Waals surface area contributed by atoms with E-state index in [-0.39, 0.29) is 61.4 Å². The molecule has 4 rings (SSSR count). The maximum absolute atomic E-state index is 15.0. The van der Waals surface area contributed by atoms with Crippen molar-refractivity contribution in [1.29, 1.82) is 0 Å². The number of H-pyrrole nitrogens is 1. The van der Waals surface area contributed by atoms with E-state index in [9.17, 15) is 22.8 Å². The van der Waals surface area contributed by atoms with Gasteiger partial charge in [-0.15, -0.1) is 0 Å². The van der Waals surface area contributed by atoms with Gasteiger partial charge in [0.15, 0.2) is 0 Å². The van der Waals surface area contributed by atoms with Crippen molar-refractivity contribution in [2.45, 2.75) is 64.2 Å². The first-order valence-corrected chi connectivity index (χ1v) is 12.6. The Kier molecular flexibility index (Phi) is 7.85. The van der Waals surface area contributed by atoms with Gasteiger partial charge in [0.05, 0.1) is 5.56 Å². The summed E-state index contributed by atoms with van der Waals surface area (Å²) in [6, 6.07) is 4.73. The molecule has 1 aromatic carbocycles. The van der Waals surface area contributed by atoms with Crippen molar-refractivity contribution in [3.8, 4) is 0 Å². The van der Waals surface area contributed by atoms with Crippen LogP contribution in [0, 0.1) is 11.7 Å². The summed E-state index contributed by atoms with van der Waals surface area (Å²) in [6.45, 7) is 6.05. The second-order valence-corrected chi connectivity index (χ2v) is 9.95. The number of nitrogens with one attached hydrogen (secondary N) is 2.